The van der Waals surface area contributed by atoms with Gasteiger partial charge in [-0.15, -0.1) is 0 Å². The Balaban J connectivity index is 2.38. The molecule has 1 aromatic rings. The van der Waals surface area contributed by atoms with Crippen LogP contribution in [0.1, 0.15) is 0 Å². The van der Waals surface area contributed by atoms with Gasteiger partial charge in [0.15, 0.2) is 5.75 Å². The molecule has 0 radical (unpaired) electrons. The monoisotopic (exact) mass is 167 g/mol. The van der Waals surface area contributed by atoms with Crippen LogP contribution in [0.15, 0.2) is 30.3 Å². The molecule has 0 atom stereocenters. The summed E-state index contributed by atoms with van der Waals surface area (Å²) in [5, 5.41) is 0. The lowest BCUT2D eigenvalue weighted by Gasteiger charge is -2.01. The summed E-state index contributed by atoms with van der Waals surface area (Å²) < 4.78 is 0. The lowest BCUT2D eigenvalue weighted by Crippen LogP contribution is -2.18. The van der Waals surface area contributed by atoms with E-state index in [0.29, 0.717) is 5.75 Å². The predicted octanol–water partition coefficient (Wildman–Crippen LogP) is 0.482. The fraction of sp³-hybridized carbons (Fsp3) is 0.125. The van der Waals surface area contributed by atoms with Crippen LogP contribution in [-0.2, 0) is 9.68 Å². The molecule has 0 saturated heterocycles. The number of carbonyl (C=O) groups excluding carboxylic acids is 1. The third-order valence-electron chi connectivity index (χ3n) is 1.14. The first-order chi connectivity index (χ1) is 5.83. The van der Waals surface area contributed by atoms with Crippen LogP contribution in [0.25, 0.3) is 0 Å². The molecule has 0 spiro atoms. The van der Waals surface area contributed by atoms with Crippen molar-refractivity contribution in [1.29, 1.82) is 0 Å². The third kappa shape index (κ3) is 2.59. The summed E-state index contributed by atoms with van der Waals surface area (Å²) >= 11 is 0. The van der Waals surface area contributed by atoms with E-state index in [2.05, 4.69) is 9.78 Å². The van der Waals surface area contributed by atoms with Gasteiger partial charge in [-0.1, -0.05) is 18.2 Å². The van der Waals surface area contributed by atoms with Crippen molar-refractivity contribution in [2.75, 3.05) is 6.54 Å². The van der Waals surface area contributed by atoms with Crippen LogP contribution >= 0.6 is 0 Å². The van der Waals surface area contributed by atoms with E-state index in [0.717, 1.165) is 0 Å². The van der Waals surface area contributed by atoms with E-state index in [4.69, 9.17) is 5.73 Å². The van der Waals surface area contributed by atoms with Crippen LogP contribution in [0, 0.1) is 0 Å². The Hall–Kier alpha value is -1.55. The maximum absolute atomic E-state index is 10.5. The second-order valence-corrected chi connectivity index (χ2v) is 2.06. The highest BCUT2D eigenvalue weighted by Crippen LogP contribution is 2.07. The Labute approximate surface area is 69.8 Å². The smallest absolute Gasteiger partial charge is 0.321 e. The number of hydrogen-bond acceptors (Lipinski definition) is 4. The molecular formula is C8H9NO3. The molecule has 0 aliphatic carbocycles. The number of nitrogens with two attached hydrogens (primary N) is 1. The number of carbonyl (C=O) groups is 1. The number of hydrogen-bond donors (Lipinski definition) is 1. The fourth-order valence-electron chi connectivity index (χ4n) is 0.605. The van der Waals surface area contributed by atoms with Crippen LogP contribution in [0.4, 0.5) is 0 Å². The minimum atomic E-state index is -0.598. The van der Waals surface area contributed by atoms with Crippen molar-refractivity contribution in [2.24, 2.45) is 5.73 Å². The van der Waals surface area contributed by atoms with Gasteiger partial charge >= 0.3 is 5.97 Å². The van der Waals surface area contributed by atoms with Gasteiger partial charge in [-0.2, -0.15) is 0 Å². The van der Waals surface area contributed by atoms with Crippen molar-refractivity contribution >= 4 is 5.97 Å². The van der Waals surface area contributed by atoms with E-state index in [1.54, 1.807) is 24.3 Å². The minimum absolute atomic E-state index is 0.188. The quantitative estimate of drug-likeness (QED) is 0.525. The van der Waals surface area contributed by atoms with Crippen LogP contribution in [0.3, 0.4) is 0 Å². The van der Waals surface area contributed by atoms with E-state index >= 15 is 0 Å². The molecule has 0 aliphatic heterocycles. The molecule has 4 nitrogen and oxygen atoms in total. The maximum atomic E-state index is 10.5. The lowest BCUT2D eigenvalue weighted by atomic mass is 10.3. The Morgan fingerprint density at radius 2 is 2.00 bits per heavy atom. The van der Waals surface area contributed by atoms with Crippen molar-refractivity contribution in [3.05, 3.63) is 30.3 Å². The average molecular weight is 167 g/mol. The maximum Gasteiger partial charge on any atom is 0.368 e. The molecule has 0 saturated carbocycles. The standard InChI is InChI=1S/C8H9NO3/c9-6-8(10)12-11-7-4-2-1-3-5-7/h1-5H,6,9H2. The summed E-state index contributed by atoms with van der Waals surface area (Å²) in [6.45, 7) is -0.188. The van der Waals surface area contributed by atoms with Gasteiger partial charge in [0, 0.05) is 0 Å². The zero-order valence-electron chi connectivity index (χ0n) is 6.40. The van der Waals surface area contributed by atoms with Crippen LogP contribution < -0.4 is 10.6 Å². The van der Waals surface area contributed by atoms with Crippen LogP contribution in [-0.4, -0.2) is 12.5 Å². The highest BCUT2D eigenvalue weighted by molar-refractivity contribution is 5.70. The molecule has 0 amide bonds. The van der Waals surface area contributed by atoms with Crippen LogP contribution in [0.2, 0.25) is 0 Å². The Morgan fingerprint density at radius 1 is 1.33 bits per heavy atom. The summed E-state index contributed by atoms with van der Waals surface area (Å²) in [6, 6.07) is 8.71. The molecule has 1 rings (SSSR count). The highest BCUT2D eigenvalue weighted by Gasteiger charge is 1.99. The highest BCUT2D eigenvalue weighted by atomic mass is 17.2. The SMILES string of the molecule is NCC(=O)OOc1ccccc1. The average Bonchev–Trinajstić information content (AvgIpc) is 2.16. The summed E-state index contributed by atoms with van der Waals surface area (Å²) in [7, 11) is 0. The molecule has 0 fully saturated rings. The van der Waals surface area contributed by atoms with Crippen molar-refractivity contribution in [3.63, 3.8) is 0 Å². The largest absolute Gasteiger partial charge is 0.368 e. The normalized spacial score (nSPS) is 9.08. The molecule has 0 heterocycles. The van der Waals surface area contributed by atoms with E-state index < -0.39 is 5.97 Å². The molecule has 4 heteroatoms. The number of para-hydroxylation sites is 1. The molecule has 0 aliphatic rings. The minimum Gasteiger partial charge on any atom is -0.321 e. The van der Waals surface area contributed by atoms with Gasteiger partial charge < -0.3 is 5.73 Å². The summed E-state index contributed by atoms with van der Waals surface area (Å²) in [6.07, 6.45) is 0. The molecule has 0 unspecified atom stereocenters. The van der Waals surface area contributed by atoms with E-state index in [-0.39, 0.29) is 6.54 Å². The summed E-state index contributed by atoms with van der Waals surface area (Å²) in [5.74, 6) is -0.127. The first kappa shape index (κ1) is 8.55. The fourth-order valence-corrected chi connectivity index (χ4v) is 0.605. The van der Waals surface area contributed by atoms with Crippen molar-refractivity contribution in [3.8, 4) is 5.75 Å². The molecule has 2 N–H and O–H groups in total. The molecule has 0 aromatic heterocycles. The predicted molar refractivity (Wildman–Crippen MR) is 42.2 cm³/mol. The van der Waals surface area contributed by atoms with Gasteiger partial charge in [-0.05, 0) is 12.1 Å². The zero-order valence-corrected chi connectivity index (χ0v) is 6.40. The van der Waals surface area contributed by atoms with Gasteiger partial charge in [0.25, 0.3) is 0 Å². The number of rotatable bonds is 3. The Bertz CT molecular complexity index is 248. The molecule has 1 aromatic carbocycles. The second kappa shape index (κ2) is 4.35. The van der Waals surface area contributed by atoms with Gasteiger partial charge in [-0.25, -0.2) is 9.68 Å². The van der Waals surface area contributed by atoms with E-state index in [9.17, 15) is 4.79 Å². The van der Waals surface area contributed by atoms with E-state index in [1.807, 2.05) is 6.07 Å². The molecule has 0 bridgehead atoms. The van der Waals surface area contributed by atoms with Crippen molar-refractivity contribution in [2.45, 2.75) is 0 Å². The summed E-state index contributed by atoms with van der Waals surface area (Å²) in [4.78, 5) is 19.5. The van der Waals surface area contributed by atoms with Gasteiger partial charge in [-0.3, -0.25) is 4.89 Å². The summed E-state index contributed by atoms with van der Waals surface area (Å²) in [5.41, 5.74) is 4.98. The second-order valence-electron chi connectivity index (χ2n) is 2.06. The van der Waals surface area contributed by atoms with Gasteiger partial charge in [0.2, 0.25) is 0 Å². The molecule has 64 valence electrons. The lowest BCUT2D eigenvalue weighted by molar-refractivity contribution is -0.211. The number of benzene rings is 1. The van der Waals surface area contributed by atoms with Gasteiger partial charge in [0.05, 0.1) is 6.54 Å². The topological polar surface area (TPSA) is 61.6 Å². The van der Waals surface area contributed by atoms with Crippen molar-refractivity contribution in [1.82, 2.24) is 0 Å². The molecular weight excluding hydrogens is 158 g/mol. The Kier molecular flexibility index (Phi) is 3.10. The zero-order chi connectivity index (χ0) is 8.81. The van der Waals surface area contributed by atoms with E-state index in [1.165, 1.54) is 0 Å². The first-order valence-corrected chi connectivity index (χ1v) is 3.45. The third-order valence-corrected chi connectivity index (χ3v) is 1.14. The van der Waals surface area contributed by atoms with Crippen LogP contribution in [0.5, 0.6) is 5.75 Å². The molecule has 12 heavy (non-hydrogen) atoms. The van der Waals surface area contributed by atoms with Gasteiger partial charge in [0.1, 0.15) is 0 Å². The van der Waals surface area contributed by atoms with Crippen molar-refractivity contribution < 1.29 is 14.6 Å². The first-order valence-electron chi connectivity index (χ1n) is 3.45. The Morgan fingerprint density at radius 3 is 2.58 bits per heavy atom.